The van der Waals surface area contributed by atoms with Gasteiger partial charge < -0.3 is 5.32 Å². The van der Waals surface area contributed by atoms with Gasteiger partial charge in [0.15, 0.2) is 5.17 Å². The van der Waals surface area contributed by atoms with Crippen molar-refractivity contribution in [1.29, 1.82) is 0 Å². The number of hydrogen-bond acceptors (Lipinski definition) is 5. The van der Waals surface area contributed by atoms with Gasteiger partial charge in [0.25, 0.3) is 5.91 Å². The molecule has 7 heteroatoms. The van der Waals surface area contributed by atoms with E-state index in [-0.39, 0.29) is 18.2 Å². The Hall–Kier alpha value is -2.12. The monoisotopic (exact) mass is 415 g/mol. The summed E-state index contributed by atoms with van der Waals surface area (Å²) in [7, 11) is 0. The molecule has 0 saturated carbocycles. The van der Waals surface area contributed by atoms with Crippen LogP contribution >= 0.6 is 23.1 Å². The molecule has 0 radical (unpaired) electrons. The summed E-state index contributed by atoms with van der Waals surface area (Å²) in [6, 6.07) is 11.7. The Morgan fingerprint density at radius 3 is 2.79 bits per heavy atom. The van der Waals surface area contributed by atoms with E-state index >= 15 is 0 Å². The van der Waals surface area contributed by atoms with Gasteiger partial charge >= 0.3 is 0 Å². The fourth-order valence-corrected chi connectivity index (χ4v) is 4.59. The summed E-state index contributed by atoms with van der Waals surface area (Å²) in [5, 5.41) is 5.44. The molecule has 3 rings (SSSR count). The first-order chi connectivity index (χ1) is 13.6. The fourth-order valence-electron chi connectivity index (χ4n) is 2.98. The number of benzene rings is 1. The predicted octanol–water partition coefficient (Wildman–Crippen LogP) is 4.64. The molecule has 1 fully saturated rings. The van der Waals surface area contributed by atoms with Crippen LogP contribution in [0.25, 0.3) is 0 Å². The Morgan fingerprint density at radius 2 is 2.04 bits per heavy atom. The number of thiophene rings is 1. The van der Waals surface area contributed by atoms with Crippen LogP contribution in [-0.4, -0.2) is 40.7 Å². The van der Waals surface area contributed by atoms with Gasteiger partial charge in [-0.1, -0.05) is 49.9 Å². The Morgan fingerprint density at radius 1 is 1.21 bits per heavy atom. The van der Waals surface area contributed by atoms with E-state index in [9.17, 15) is 9.59 Å². The lowest BCUT2D eigenvalue weighted by molar-refractivity contribution is -0.127. The molecule has 0 atom stereocenters. The van der Waals surface area contributed by atoms with Crippen molar-refractivity contribution >= 4 is 45.8 Å². The summed E-state index contributed by atoms with van der Waals surface area (Å²) < 4.78 is 0. The fraction of sp³-hybridized carbons (Fsp3) is 0.381. The third-order valence-electron chi connectivity index (χ3n) is 4.43. The van der Waals surface area contributed by atoms with Crippen LogP contribution in [-0.2, 0) is 4.79 Å². The van der Waals surface area contributed by atoms with Crippen LogP contribution in [0.4, 0.5) is 5.69 Å². The van der Waals surface area contributed by atoms with E-state index in [1.165, 1.54) is 16.9 Å². The SMILES string of the molecule is CC(C)c1ccccc1N=C1SCCCN1C(=O)CCNC(=O)c1cccs1. The molecule has 2 aromatic rings. The van der Waals surface area contributed by atoms with Crippen LogP contribution in [0.5, 0.6) is 0 Å². The highest BCUT2D eigenvalue weighted by molar-refractivity contribution is 8.13. The van der Waals surface area contributed by atoms with Crippen LogP contribution in [0.3, 0.4) is 0 Å². The summed E-state index contributed by atoms with van der Waals surface area (Å²) in [6.45, 7) is 5.29. The molecule has 0 spiro atoms. The molecule has 0 unspecified atom stereocenters. The molecule has 0 aliphatic carbocycles. The molecule has 148 valence electrons. The Labute approximate surface area is 174 Å². The van der Waals surface area contributed by atoms with Crippen molar-refractivity contribution in [3.05, 3.63) is 52.2 Å². The summed E-state index contributed by atoms with van der Waals surface area (Å²) in [5.74, 6) is 1.20. The number of nitrogens with zero attached hydrogens (tertiary/aromatic N) is 2. The zero-order chi connectivity index (χ0) is 19.9. The molecule has 1 aromatic carbocycles. The average Bonchev–Trinajstić information content (AvgIpc) is 3.23. The molecule has 1 aromatic heterocycles. The van der Waals surface area contributed by atoms with Gasteiger partial charge in [-0.25, -0.2) is 4.99 Å². The smallest absolute Gasteiger partial charge is 0.261 e. The minimum atomic E-state index is -0.129. The maximum Gasteiger partial charge on any atom is 0.261 e. The molecule has 1 aliphatic rings. The molecular weight excluding hydrogens is 390 g/mol. The molecule has 1 N–H and O–H groups in total. The van der Waals surface area contributed by atoms with Crippen LogP contribution in [0.2, 0.25) is 0 Å². The van der Waals surface area contributed by atoms with Gasteiger partial charge in [-0.2, -0.15) is 0 Å². The number of hydrogen-bond donors (Lipinski definition) is 1. The number of carbonyl (C=O) groups is 2. The van der Waals surface area contributed by atoms with Crippen LogP contribution < -0.4 is 5.32 Å². The number of rotatable bonds is 6. The molecule has 2 heterocycles. The predicted molar refractivity (Wildman–Crippen MR) is 118 cm³/mol. The van der Waals surface area contributed by atoms with E-state index in [0.717, 1.165) is 23.0 Å². The van der Waals surface area contributed by atoms with Crippen molar-refractivity contribution in [3.63, 3.8) is 0 Å². The normalized spacial score (nSPS) is 15.8. The van der Waals surface area contributed by atoms with Gasteiger partial charge in [0, 0.05) is 25.3 Å². The second kappa shape index (κ2) is 9.89. The van der Waals surface area contributed by atoms with Crippen molar-refractivity contribution < 1.29 is 9.59 Å². The van der Waals surface area contributed by atoms with Gasteiger partial charge in [0.2, 0.25) is 5.91 Å². The highest BCUT2D eigenvalue weighted by Gasteiger charge is 2.24. The van der Waals surface area contributed by atoms with E-state index in [4.69, 9.17) is 4.99 Å². The first-order valence-corrected chi connectivity index (χ1v) is 11.3. The largest absolute Gasteiger partial charge is 0.351 e. The van der Waals surface area contributed by atoms with Crippen LogP contribution in [0.15, 0.2) is 46.8 Å². The summed E-state index contributed by atoms with van der Waals surface area (Å²) >= 11 is 3.02. The molecule has 1 saturated heterocycles. The van der Waals surface area contributed by atoms with Gasteiger partial charge in [0.1, 0.15) is 0 Å². The zero-order valence-electron chi connectivity index (χ0n) is 16.2. The quantitative estimate of drug-likeness (QED) is 0.747. The lowest BCUT2D eigenvalue weighted by Gasteiger charge is -2.28. The van der Waals surface area contributed by atoms with Gasteiger partial charge in [-0.3, -0.25) is 14.5 Å². The Balaban J connectivity index is 1.66. The van der Waals surface area contributed by atoms with Gasteiger partial charge in [-0.15, -0.1) is 11.3 Å². The number of nitrogens with one attached hydrogen (secondary N) is 1. The van der Waals surface area contributed by atoms with Crippen molar-refractivity contribution in [2.24, 2.45) is 4.99 Å². The summed E-state index contributed by atoms with van der Waals surface area (Å²) in [4.78, 5) is 32.0. The van der Waals surface area contributed by atoms with E-state index in [0.29, 0.717) is 23.9 Å². The second-order valence-corrected chi connectivity index (χ2v) is 8.85. The maximum atomic E-state index is 12.8. The van der Waals surface area contributed by atoms with Crippen LogP contribution in [0, 0.1) is 0 Å². The van der Waals surface area contributed by atoms with E-state index in [1.807, 2.05) is 29.6 Å². The topological polar surface area (TPSA) is 61.8 Å². The lowest BCUT2D eigenvalue weighted by Crippen LogP contribution is -2.40. The maximum absolute atomic E-state index is 12.8. The standard InChI is InChI=1S/C21H25N3O2S2/c1-15(2)16-7-3-4-8-17(16)23-21-24(12-6-14-28-21)19(25)10-11-22-20(26)18-9-5-13-27-18/h3-5,7-9,13,15H,6,10-12,14H2,1-2H3,(H,22,26). The Bertz CT molecular complexity index is 847. The van der Waals surface area contributed by atoms with Crippen molar-refractivity contribution in [2.75, 3.05) is 18.8 Å². The van der Waals surface area contributed by atoms with Crippen molar-refractivity contribution in [3.8, 4) is 0 Å². The zero-order valence-corrected chi connectivity index (χ0v) is 17.8. The highest BCUT2D eigenvalue weighted by atomic mass is 32.2. The molecular formula is C21H25N3O2S2. The minimum absolute atomic E-state index is 0.000502. The molecule has 1 aliphatic heterocycles. The van der Waals surface area contributed by atoms with E-state index < -0.39 is 0 Å². The average molecular weight is 416 g/mol. The van der Waals surface area contributed by atoms with Crippen molar-refractivity contribution in [1.82, 2.24) is 10.2 Å². The van der Waals surface area contributed by atoms with Crippen LogP contribution in [0.1, 0.15) is 47.8 Å². The first kappa shape index (κ1) is 20.6. The lowest BCUT2D eigenvalue weighted by atomic mass is 10.0. The minimum Gasteiger partial charge on any atom is -0.351 e. The Kier molecular flexibility index (Phi) is 7.28. The first-order valence-electron chi connectivity index (χ1n) is 9.48. The summed E-state index contributed by atoms with van der Waals surface area (Å²) in [6.07, 6.45) is 1.21. The molecule has 28 heavy (non-hydrogen) atoms. The van der Waals surface area contributed by atoms with Gasteiger partial charge in [0.05, 0.1) is 10.6 Å². The number of aliphatic imine (C=N–C) groups is 1. The third kappa shape index (κ3) is 5.23. The molecule has 2 amide bonds. The molecule has 5 nitrogen and oxygen atoms in total. The number of thioether (sulfide) groups is 1. The molecule has 0 bridgehead atoms. The van der Waals surface area contributed by atoms with Gasteiger partial charge in [-0.05, 0) is 35.4 Å². The van der Waals surface area contributed by atoms with Crippen molar-refractivity contribution in [2.45, 2.75) is 32.6 Å². The third-order valence-corrected chi connectivity index (χ3v) is 6.36. The second-order valence-electron chi connectivity index (χ2n) is 6.84. The number of amidine groups is 1. The van der Waals surface area contributed by atoms with E-state index in [2.05, 4.69) is 25.2 Å². The number of carbonyl (C=O) groups excluding carboxylic acids is 2. The summed E-state index contributed by atoms with van der Waals surface area (Å²) in [5.41, 5.74) is 2.10. The highest BCUT2D eigenvalue weighted by Crippen LogP contribution is 2.29. The van der Waals surface area contributed by atoms with E-state index in [1.54, 1.807) is 22.7 Å². The number of amides is 2. The number of para-hydroxylation sites is 1.